The molecule has 0 radical (unpaired) electrons. The molecule has 0 amide bonds. The molecule has 0 saturated carbocycles. The van der Waals surface area contributed by atoms with Crippen molar-refractivity contribution in [1.82, 2.24) is 15.3 Å². The normalized spacial score (nSPS) is 11.5. The number of benzene rings is 2. The predicted molar refractivity (Wildman–Crippen MR) is 92.6 cm³/mol. The van der Waals surface area contributed by atoms with Gasteiger partial charge in [0.2, 0.25) is 0 Å². The molecule has 0 spiro atoms. The fourth-order valence-electron chi connectivity index (χ4n) is 2.60. The van der Waals surface area contributed by atoms with Crippen LogP contribution in [0.15, 0.2) is 42.7 Å². The molecule has 0 unspecified atom stereocenters. The number of aromatic nitrogens is 2. The van der Waals surface area contributed by atoms with Crippen LogP contribution in [0.3, 0.4) is 0 Å². The highest BCUT2D eigenvalue weighted by atomic mass is 19.1. The van der Waals surface area contributed by atoms with Gasteiger partial charge in [0.15, 0.2) is 0 Å². The van der Waals surface area contributed by atoms with Crippen molar-refractivity contribution in [3.8, 4) is 11.1 Å². The summed E-state index contributed by atoms with van der Waals surface area (Å²) in [4.78, 5) is 7.29. The zero-order chi connectivity index (χ0) is 16.2. The Balaban J connectivity index is 1.73. The Labute approximate surface area is 136 Å². The molecule has 3 rings (SSSR count). The molecule has 3 nitrogen and oxygen atoms in total. The average Bonchev–Trinajstić information content (AvgIpc) is 3.00. The van der Waals surface area contributed by atoms with E-state index in [-0.39, 0.29) is 5.82 Å². The molecule has 1 aromatic heterocycles. The zero-order valence-corrected chi connectivity index (χ0v) is 13.6. The van der Waals surface area contributed by atoms with Crippen molar-refractivity contribution in [3.05, 3.63) is 54.1 Å². The second-order valence-corrected chi connectivity index (χ2v) is 6.30. The van der Waals surface area contributed by atoms with Crippen molar-refractivity contribution in [3.63, 3.8) is 0 Å². The minimum atomic E-state index is -0.163. The van der Waals surface area contributed by atoms with Crippen LogP contribution in [0.25, 0.3) is 22.2 Å². The summed E-state index contributed by atoms with van der Waals surface area (Å²) in [5.74, 6) is 0.497. The number of aromatic amines is 1. The lowest BCUT2D eigenvalue weighted by molar-refractivity contribution is 0.527. The number of hydrogen-bond acceptors (Lipinski definition) is 2. The van der Waals surface area contributed by atoms with Crippen molar-refractivity contribution in [1.29, 1.82) is 0 Å². The highest BCUT2D eigenvalue weighted by molar-refractivity contribution is 5.81. The largest absolute Gasteiger partial charge is 0.345 e. The van der Waals surface area contributed by atoms with Gasteiger partial charge in [0.05, 0.1) is 17.4 Å². The Morgan fingerprint density at radius 1 is 1.13 bits per heavy atom. The average molecular weight is 311 g/mol. The molecule has 0 fully saturated rings. The molecule has 120 valence electrons. The number of rotatable bonds is 6. The highest BCUT2D eigenvalue weighted by Gasteiger charge is 2.07. The Kier molecular flexibility index (Phi) is 4.72. The van der Waals surface area contributed by atoms with Crippen LogP contribution in [0.2, 0.25) is 0 Å². The topological polar surface area (TPSA) is 40.7 Å². The number of halogens is 1. The van der Waals surface area contributed by atoms with Crippen molar-refractivity contribution < 1.29 is 4.39 Å². The highest BCUT2D eigenvalue weighted by Crippen LogP contribution is 2.24. The molecule has 4 heteroatoms. The quantitative estimate of drug-likeness (QED) is 0.658. The second-order valence-electron chi connectivity index (χ2n) is 6.30. The Morgan fingerprint density at radius 3 is 2.70 bits per heavy atom. The SMILES string of the molecule is CC(C)CCNCc1ccc(-c2ccc3nc[nH]c3c2)cc1F. The first-order chi connectivity index (χ1) is 11.1. The van der Waals surface area contributed by atoms with Gasteiger partial charge in [0, 0.05) is 12.1 Å². The van der Waals surface area contributed by atoms with Crippen molar-refractivity contribution in [2.24, 2.45) is 5.92 Å². The van der Waals surface area contributed by atoms with Crippen molar-refractivity contribution in [2.75, 3.05) is 6.54 Å². The molecule has 0 aliphatic heterocycles. The Bertz CT molecular complexity index is 792. The van der Waals surface area contributed by atoms with Gasteiger partial charge in [-0.3, -0.25) is 0 Å². The molecule has 0 bridgehead atoms. The molecule has 23 heavy (non-hydrogen) atoms. The Hall–Kier alpha value is -2.20. The molecule has 0 aliphatic carbocycles. The summed E-state index contributed by atoms with van der Waals surface area (Å²) >= 11 is 0. The van der Waals surface area contributed by atoms with Crippen molar-refractivity contribution in [2.45, 2.75) is 26.8 Å². The molecular weight excluding hydrogens is 289 g/mol. The standard InChI is InChI=1S/C19H22FN3/c1-13(2)7-8-21-11-16-4-3-14(9-17(16)20)15-5-6-18-19(10-15)23-12-22-18/h3-6,9-10,12-13,21H,7-8,11H2,1-2H3,(H,22,23). The summed E-state index contributed by atoms with van der Waals surface area (Å²) in [6.07, 6.45) is 2.77. The monoisotopic (exact) mass is 311 g/mol. The Morgan fingerprint density at radius 2 is 1.91 bits per heavy atom. The fraction of sp³-hybridized carbons (Fsp3) is 0.316. The number of H-pyrrole nitrogens is 1. The van der Waals surface area contributed by atoms with Gasteiger partial charge in [-0.05, 0) is 48.2 Å². The first-order valence-corrected chi connectivity index (χ1v) is 8.06. The lowest BCUT2D eigenvalue weighted by Gasteiger charge is -2.09. The van der Waals surface area contributed by atoms with Crippen LogP contribution in [-0.4, -0.2) is 16.5 Å². The molecular formula is C19H22FN3. The third-order valence-corrected chi connectivity index (χ3v) is 4.02. The maximum atomic E-state index is 14.3. The van der Waals surface area contributed by atoms with E-state index in [0.29, 0.717) is 18.0 Å². The maximum Gasteiger partial charge on any atom is 0.128 e. The van der Waals surface area contributed by atoms with E-state index in [9.17, 15) is 4.39 Å². The molecule has 0 saturated heterocycles. The van der Waals surface area contributed by atoms with Crippen molar-refractivity contribution >= 4 is 11.0 Å². The second kappa shape index (κ2) is 6.92. The fourth-order valence-corrected chi connectivity index (χ4v) is 2.60. The van der Waals surface area contributed by atoms with Crippen LogP contribution in [0.1, 0.15) is 25.8 Å². The first kappa shape index (κ1) is 15.7. The summed E-state index contributed by atoms with van der Waals surface area (Å²) in [6, 6.07) is 11.4. The van der Waals surface area contributed by atoms with E-state index in [0.717, 1.165) is 35.1 Å². The third-order valence-electron chi connectivity index (χ3n) is 4.02. The molecule has 2 aromatic carbocycles. The van der Waals surface area contributed by atoms with Gasteiger partial charge in [0.25, 0.3) is 0 Å². The van der Waals surface area contributed by atoms with Crippen LogP contribution in [0.4, 0.5) is 4.39 Å². The summed E-state index contributed by atoms with van der Waals surface area (Å²) in [5.41, 5.74) is 4.45. The summed E-state index contributed by atoms with van der Waals surface area (Å²) < 4.78 is 14.3. The van der Waals surface area contributed by atoms with Crippen LogP contribution < -0.4 is 5.32 Å². The van der Waals surface area contributed by atoms with E-state index in [2.05, 4.69) is 29.1 Å². The van der Waals surface area contributed by atoms with E-state index in [1.54, 1.807) is 12.4 Å². The van der Waals surface area contributed by atoms with E-state index >= 15 is 0 Å². The predicted octanol–water partition coefficient (Wildman–Crippen LogP) is 4.50. The first-order valence-electron chi connectivity index (χ1n) is 8.06. The number of nitrogens with zero attached hydrogens (tertiary/aromatic N) is 1. The number of imidazole rings is 1. The summed E-state index contributed by atoms with van der Waals surface area (Å²) in [5, 5.41) is 3.30. The molecule has 0 atom stereocenters. The van der Waals surface area contributed by atoms with Gasteiger partial charge >= 0.3 is 0 Å². The zero-order valence-electron chi connectivity index (χ0n) is 13.6. The van der Waals surface area contributed by atoms with Gasteiger partial charge in [-0.1, -0.05) is 32.0 Å². The molecule has 1 heterocycles. The lowest BCUT2D eigenvalue weighted by atomic mass is 10.0. The molecule has 0 aliphatic rings. The minimum Gasteiger partial charge on any atom is -0.345 e. The van der Waals surface area contributed by atoms with Gasteiger partial charge in [0.1, 0.15) is 5.82 Å². The van der Waals surface area contributed by atoms with Crippen LogP contribution in [-0.2, 0) is 6.54 Å². The van der Waals surface area contributed by atoms with E-state index < -0.39 is 0 Å². The number of fused-ring (bicyclic) bond motifs is 1. The van der Waals surface area contributed by atoms with Crippen LogP contribution in [0.5, 0.6) is 0 Å². The third kappa shape index (κ3) is 3.77. The van der Waals surface area contributed by atoms with Gasteiger partial charge < -0.3 is 10.3 Å². The maximum absolute atomic E-state index is 14.3. The van der Waals surface area contributed by atoms with Crippen LogP contribution >= 0.6 is 0 Å². The van der Waals surface area contributed by atoms with Gasteiger partial charge in [-0.25, -0.2) is 9.37 Å². The number of nitrogens with one attached hydrogen (secondary N) is 2. The lowest BCUT2D eigenvalue weighted by Crippen LogP contribution is -2.17. The molecule has 3 aromatic rings. The van der Waals surface area contributed by atoms with E-state index in [1.807, 2.05) is 30.3 Å². The smallest absolute Gasteiger partial charge is 0.128 e. The summed E-state index contributed by atoms with van der Waals surface area (Å²) in [7, 11) is 0. The molecule has 2 N–H and O–H groups in total. The summed E-state index contributed by atoms with van der Waals surface area (Å²) in [6.45, 7) is 5.86. The number of hydrogen-bond donors (Lipinski definition) is 2. The van der Waals surface area contributed by atoms with Gasteiger partial charge in [-0.15, -0.1) is 0 Å². The van der Waals surface area contributed by atoms with Gasteiger partial charge in [-0.2, -0.15) is 0 Å². The van der Waals surface area contributed by atoms with E-state index in [4.69, 9.17) is 0 Å². The minimum absolute atomic E-state index is 0.163. The van der Waals surface area contributed by atoms with E-state index in [1.165, 1.54) is 0 Å². The van der Waals surface area contributed by atoms with Crippen LogP contribution in [0, 0.1) is 11.7 Å².